The van der Waals surface area contributed by atoms with Crippen molar-refractivity contribution in [1.29, 1.82) is 5.41 Å². The Morgan fingerprint density at radius 2 is 2.42 bits per heavy atom. The first-order chi connectivity index (χ1) is 5.77. The molecule has 0 aliphatic rings. The molecule has 0 bridgehead atoms. The molecule has 2 heterocycles. The van der Waals surface area contributed by atoms with Gasteiger partial charge >= 0.3 is 0 Å². The lowest BCUT2D eigenvalue weighted by molar-refractivity contribution is 1.15. The molecule has 12 heavy (non-hydrogen) atoms. The molecule has 0 aliphatic carbocycles. The highest BCUT2D eigenvalue weighted by Gasteiger charge is 2.01. The van der Waals surface area contributed by atoms with Crippen molar-refractivity contribution < 1.29 is 0 Å². The van der Waals surface area contributed by atoms with E-state index in [9.17, 15) is 0 Å². The minimum Gasteiger partial charge on any atom is -0.381 e. The summed E-state index contributed by atoms with van der Waals surface area (Å²) in [6.45, 7) is 0. The second-order valence-corrected chi connectivity index (χ2v) is 2.38. The standard InChI is InChI=1S/C7H7N5/c8-6(9)7-11-3-5-4(12-7)1-2-10-5/h1-3,10H,(H3,8,9). The van der Waals surface area contributed by atoms with Gasteiger partial charge in [-0.1, -0.05) is 0 Å². The van der Waals surface area contributed by atoms with Crippen LogP contribution in [0.3, 0.4) is 0 Å². The van der Waals surface area contributed by atoms with Crippen LogP contribution in [0.2, 0.25) is 0 Å². The predicted molar refractivity (Wildman–Crippen MR) is 44.9 cm³/mol. The number of aromatic amines is 1. The highest BCUT2D eigenvalue weighted by molar-refractivity contribution is 5.92. The van der Waals surface area contributed by atoms with E-state index in [2.05, 4.69) is 15.0 Å². The fourth-order valence-corrected chi connectivity index (χ4v) is 0.973. The van der Waals surface area contributed by atoms with Crippen molar-refractivity contribution >= 4 is 16.9 Å². The minimum absolute atomic E-state index is 0.113. The number of rotatable bonds is 1. The molecule has 2 aromatic heterocycles. The first-order valence-electron chi connectivity index (χ1n) is 3.42. The number of nitrogen functional groups attached to an aromatic ring is 1. The van der Waals surface area contributed by atoms with E-state index >= 15 is 0 Å². The van der Waals surface area contributed by atoms with Crippen LogP contribution in [0.1, 0.15) is 5.82 Å². The smallest absolute Gasteiger partial charge is 0.195 e. The number of nitrogens with zero attached hydrogens (tertiary/aromatic N) is 2. The lowest BCUT2D eigenvalue weighted by Crippen LogP contribution is -2.14. The van der Waals surface area contributed by atoms with Gasteiger partial charge in [-0.3, -0.25) is 5.41 Å². The Bertz CT molecular complexity index is 430. The average molecular weight is 161 g/mol. The Balaban J connectivity index is 2.68. The molecule has 0 atom stereocenters. The third-order valence-electron chi connectivity index (χ3n) is 1.54. The van der Waals surface area contributed by atoms with Crippen LogP contribution in [0.25, 0.3) is 11.0 Å². The molecule has 2 aromatic rings. The van der Waals surface area contributed by atoms with E-state index in [-0.39, 0.29) is 11.7 Å². The fraction of sp³-hybridized carbons (Fsp3) is 0. The molecule has 0 radical (unpaired) electrons. The largest absolute Gasteiger partial charge is 0.381 e. The van der Waals surface area contributed by atoms with Gasteiger partial charge in [-0.05, 0) is 6.07 Å². The number of hydrogen-bond donors (Lipinski definition) is 3. The molecule has 0 fully saturated rings. The van der Waals surface area contributed by atoms with E-state index in [1.54, 1.807) is 12.4 Å². The summed E-state index contributed by atoms with van der Waals surface area (Å²) in [7, 11) is 0. The number of amidine groups is 1. The summed E-state index contributed by atoms with van der Waals surface area (Å²) in [5, 5.41) is 7.11. The molecule has 0 spiro atoms. The maximum absolute atomic E-state index is 7.11. The van der Waals surface area contributed by atoms with Gasteiger partial charge in [0.05, 0.1) is 17.2 Å². The summed E-state index contributed by atoms with van der Waals surface area (Å²) in [5.41, 5.74) is 6.84. The Morgan fingerprint density at radius 3 is 3.17 bits per heavy atom. The van der Waals surface area contributed by atoms with E-state index < -0.39 is 0 Å². The molecule has 2 rings (SSSR count). The summed E-state index contributed by atoms with van der Waals surface area (Å²) in [6.07, 6.45) is 3.38. The first-order valence-corrected chi connectivity index (χ1v) is 3.42. The van der Waals surface area contributed by atoms with Gasteiger partial charge in [0.1, 0.15) is 0 Å². The summed E-state index contributed by atoms with van der Waals surface area (Å²) in [5.74, 6) is 0.153. The van der Waals surface area contributed by atoms with E-state index in [1.165, 1.54) is 0 Å². The minimum atomic E-state index is -0.113. The van der Waals surface area contributed by atoms with Gasteiger partial charge in [0.25, 0.3) is 0 Å². The van der Waals surface area contributed by atoms with E-state index in [0.29, 0.717) is 0 Å². The fourth-order valence-electron chi connectivity index (χ4n) is 0.973. The molecule has 4 N–H and O–H groups in total. The number of nitrogens with one attached hydrogen (secondary N) is 2. The topological polar surface area (TPSA) is 91.4 Å². The third-order valence-corrected chi connectivity index (χ3v) is 1.54. The molecular weight excluding hydrogens is 154 g/mol. The number of fused-ring (bicyclic) bond motifs is 1. The third kappa shape index (κ3) is 0.914. The Hall–Kier alpha value is -1.91. The van der Waals surface area contributed by atoms with Crippen molar-refractivity contribution in [2.24, 2.45) is 5.73 Å². The van der Waals surface area contributed by atoms with Gasteiger partial charge in [0, 0.05) is 6.20 Å². The molecule has 0 aliphatic heterocycles. The molecular formula is C7H7N5. The van der Waals surface area contributed by atoms with Crippen molar-refractivity contribution in [2.45, 2.75) is 0 Å². The normalized spacial score (nSPS) is 10.3. The van der Waals surface area contributed by atoms with Gasteiger partial charge in [-0.15, -0.1) is 0 Å². The first kappa shape index (κ1) is 6.78. The van der Waals surface area contributed by atoms with Crippen LogP contribution in [-0.2, 0) is 0 Å². The van der Waals surface area contributed by atoms with Crippen LogP contribution in [0.4, 0.5) is 0 Å². The highest BCUT2D eigenvalue weighted by atomic mass is 15.0. The van der Waals surface area contributed by atoms with Gasteiger partial charge in [0.2, 0.25) is 0 Å². The summed E-state index contributed by atoms with van der Waals surface area (Å²) in [4.78, 5) is 10.9. The molecule has 5 heteroatoms. The van der Waals surface area contributed by atoms with Gasteiger partial charge in [0.15, 0.2) is 11.7 Å². The molecule has 0 amide bonds. The maximum Gasteiger partial charge on any atom is 0.195 e. The van der Waals surface area contributed by atoms with Crippen LogP contribution in [0.5, 0.6) is 0 Å². The molecule has 60 valence electrons. The Kier molecular flexibility index (Phi) is 1.30. The molecule has 5 nitrogen and oxygen atoms in total. The number of nitrogens with two attached hydrogens (primary N) is 1. The lowest BCUT2D eigenvalue weighted by Gasteiger charge is -1.94. The van der Waals surface area contributed by atoms with Crippen LogP contribution in [0, 0.1) is 5.41 Å². The molecule has 0 unspecified atom stereocenters. The molecule has 0 saturated heterocycles. The van der Waals surface area contributed by atoms with Gasteiger partial charge in [-0.2, -0.15) is 0 Å². The number of hydrogen-bond acceptors (Lipinski definition) is 3. The summed E-state index contributed by atoms with van der Waals surface area (Å²) < 4.78 is 0. The zero-order valence-corrected chi connectivity index (χ0v) is 6.20. The van der Waals surface area contributed by atoms with Gasteiger partial charge < -0.3 is 10.7 Å². The zero-order valence-electron chi connectivity index (χ0n) is 6.20. The molecule has 0 saturated carbocycles. The summed E-state index contributed by atoms with van der Waals surface area (Å²) >= 11 is 0. The number of aromatic nitrogens is 3. The van der Waals surface area contributed by atoms with Crippen LogP contribution in [0.15, 0.2) is 18.5 Å². The monoisotopic (exact) mass is 161 g/mol. The highest BCUT2D eigenvalue weighted by Crippen LogP contribution is 2.06. The summed E-state index contributed by atoms with van der Waals surface area (Å²) in [6, 6.07) is 1.81. The van der Waals surface area contributed by atoms with E-state index in [1.807, 2.05) is 6.07 Å². The van der Waals surface area contributed by atoms with Crippen molar-refractivity contribution in [3.63, 3.8) is 0 Å². The quantitative estimate of drug-likeness (QED) is 0.413. The molecule has 0 aromatic carbocycles. The lowest BCUT2D eigenvalue weighted by atomic mass is 10.4. The van der Waals surface area contributed by atoms with Crippen LogP contribution >= 0.6 is 0 Å². The van der Waals surface area contributed by atoms with E-state index in [4.69, 9.17) is 11.1 Å². The Morgan fingerprint density at radius 1 is 1.58 bits per heavy atom. The zero-order chi connectivity index (χ0) is 8.55. The SMILES string of the molecule is N=C(N)c1ncc2[nH]ccc2n1. The van der Waals surface area contributed by atoms with Crippen LogP contribution < -0.4 is 5.73 Å². The van der Waals surface area contributed by atoms with Crippen molar-refractivity contribution in [3.8, 4) is 0 Å². The Labute approximate surface area is 68.2 Å². The van der Waals surface area contributed by atoms with Crippen LogP contribution in [-0.4, -0.2) is 20.8 Å². The predicted octanol–water partition coefficient (Wildman–Crippen LogP) is 0.242. The van der Waals surface area contributed by atoms with Crippen molar-refractivity contribution in [2.75, 3.05) is 0 Å². The van der Waals surface area contributed by atoms with Crippen molar-refractivity contribution in [3.05, 3.63) is 24.3 Å². The maximum atomic E-state index is 7.11. The van der Waals surface area contributed by atoms with E-state index in [0.717, 1.165) is 11.0 Å². The average Bonchev–Trinajstić information content (AvgIpc) is 2.49. The second kappa shape index (κ2) is 2.30. The number of H-pyrrole nitrogens is 1. The van der Waals surface area contributed by atoms with Crippen molar-refractivity contribution in [1.82, 2.24) is 15.0 Å². The van der Waals surface area contributed by atoms with Gasteiger partial charge in [-0.25, -0.2) is 9.97 Å². The second-order valence-electron chi connectivity index (χ2n) is 2.38.